The van der Waals surface area contributed by atoms with Crippen LogP contribution in [0.3, 0.4) is 0 Å². The molecule has 1 aromatic heterocycles. The summed E-state index contributed by atoms with van der Waals surface area (Å²) in [4.78, 5) is 11.6. The molecule has 6 heteroatoms. The topological polar surface area (TPSA) is 59.8 Å². The molecule has 0 aliphatic heterocycles. The highest BCUT2D eigenvalue weighted by atomic mass is 79.9. The van der Waals surface area contributed by atoms with Gasteiger partial charge in [0, 0.05) is 17.2 Å². The Morgan fingerprint density at radius 3 is 3.06 bits per heavy atom. The smallest absolute Gasteiger partial charge is 0.242 e. The van der Waals surface area contributed by atoms with Crippen molar-refractivity contribution in [3.63, 3.8) is 0 Å². The molecule has 0 aliphatic carbocycles. The molecule has 0 bridgehead atoms. The van der Waals surface area contributed by atoms with Crippen LogP contribution in [0.1, 0.15) is 5.56 Å². The molecule has 0 radical (unpaired) electrons. The number of halogens is 1. The number of aromatic nitrogens is 3. The van der Waals surface area contributed by atoms with Gasteiger partial charge in [0.1, 0.15) is 6.54 Å². The number of benzene rings is 1. The lowest BCUT2D eigenvalue weighted by molar-refractivity contribution is -0.122. The molecule has 0 aliphatic rings. The molecule has 88 valence electrons. The maximum Gasteiger partial charge on any atom is 0.242 e. The third kappa shape index (κ3) is 3.67. The second-order valence-corrected chi connectivity index (χ2v) is 4.42. The SMILES string of the molecule is O=C(Cn1ccnn1)NCc1cccc(Br)c1. The first-order valence-electron chi connectivity index (χ1n) is 5.09. The monoisotopic (exact) mass is 294 g/mol. The van der Waals surface area contributed by atoms with Crippen LogP contribution in [0.5, 0.6) is 0 Å². The number of nitrogens with zero attached hydrogens (tertiary/aromatic N) is 3. The Balaban J connectivity index is 1.84. The van der Waals surface area contributed by atoms with Gasteiger partial charge in [-0.3, -0.25) is 4.79 Å². The van der Waals surface area contributed by atoms with Crippen molar-refractivity contribution in [1.29, 1.82) is 0 Å². The minimum Gasteiger partial charge on any atom is -0.350 e. The van der Waals surface area contributed by atoms with Crippen molar-refractivity contribution in [1.82, 2.24) is 20.3 Å². The molecule has 5 nitrogen and oxygen atoms in total. The average molecular weight is 295 g/mol. The summed E-state index contributed by atoms with van der Waals surface area (Å²) in [6.45, 7) is 0.695. The summed E-state index contributed by atoms with van der Waals surface area (Å²) in [7, 11) is 0. The number of nitrogens with one attached hydrogen (secondary N) is 1. The van der Waals surface area contributed by atoms with E-state index < -0.39 is 0 Å². The summed E-state index contributed by atoms with van der Waals surface area (Å²) in [6, 6.07) is 7.81. The Labute approximate surface area is 107 Å². The Morgan fingerprint density at radius 2 is 2.35 bits per heavy atom. The van der Waals surface area contributed by atoms with Gasteiger partial charge in [-0.2, -0.15) is 0 Å². The third-order valence-electron chi connectivity index (χ3n) is 2.16. The van der Waals surface area contributed by atoms with Gasteiger partial charge in [-0.25, -0.2) is 4.68 Å². The Bertz CT molecular complexity index is 498. The van der Waals surface area contributed by atoms with E-state index in [9.17, 15) is 4.79 Å². The van der Waals surface area contributed by atoms with Crippen LogP contribution in [-0.4, -0.2) is 20.9 Å². The molecule has 2 rings (SSSR count). The van der Waals surface area contributed by atoms with E-state index in [-0.39, 0.29) is 12.5 Å². The largest absolute Gasteiger partial charge is 0.350 e. The molecule has 0 saturated heterocycles. The first-order valence-corrected chi connectivity index (χ1v) is 5.88. The summed E-state index contributed by atoms with van der Waals surface area (Å²) in [5, 5.41) is 10.2. The van der Waals surface area contributed by atoms with Gasteiger partial charge in [0.15, 0.2) is 0 Å². The Kier molecular flexibility index (Phi) is 3.87. The van der Waals surface area contributed by atoms with Gasteiger partial charge in [0.2, 0.25) is 5.91 Å². The predicted molar refractivity (Wildman–Crippen MR) is 66.0 cm³/mol. The van der Waals surface area contributed by atoms with Gasteiger partial charge in [-0.1, -0.05) is 33.3 Å². The molecular formula is C11H11BrN4O. The van der Waals surface area contributed by atoms with Crippen LogP contribution in [0.2, 0.25) is 0 Å². The molecule has 1 heterocycles. The molecule has 0 saturated carbocycles. The van der Waals surface area contributed by atoms with Crippen molar-refractivity contribution in [2.24, 2.45) is 0 Å². The van der Waals surface area contributed by atoms with Gasteiger partial charge in [-0.15, -0.1) is 5.10 Å². The highest BCUT2D eigenvalue weighted by molar-refractivity contribution is 9.10. The van der Waals surface area contributed by atoms with E-state index >= 15 is 0 Å². The standard InChI is InChI=1S/C11H11BrN4O/c12-10-3-1-2-9(6-10)7-13-11(17)8-16-5-4-14-15-16/h1-6H,7-8H2,(H,13,17). The molecule has 1 N–H and O–H groups in total. The van der Waals surface area contributed by atoms with E-state index in [1.807, 2.05) is 24.3 Å². The Morgan fingerprint density at radius 1 is 1.47 bits per heavy atom. The zero-order valence-electron chi connectivity index (χ0n) is 9.01. The fraction of sp³-hybridized carbons (Fsp3) is 0.182. The highest BCUT2D eigenvalue weighted by Gasteiger charge is 2.03. The molecule has 0 atom stereocenters. The van der Waals surface area contributed by atoms with Crippen molar-refractivity contribution in [2.75, 3.05) is 0 Å². The Hall–Kier alpha value is -1.69. The maximum atomic E-state index is 11.6. The van der Waals surface area contributed by atoms with Crippen LogP contribution < -0.4 is 5.32 Å². The zero-order chi connectivity index (χ0) is 12.1. The first kappa shape index (κ1) is 11.8. The minimum absolute atomic E-state index is 0.0875. The van der Waals surface area contributed by atoms with Crippen LogP contribution in [0.15, 0.2) is 41.1 Å². The van der Waals surface area contributed by atoms with Crippen molar-refractivity contribution < 1.29 is 4.79 Å². The number of carbonyl (C=O) groups is 1. The maximum absolute atomic E-state index is 11.6. The fourth-order valence-corrected chi connectivity index (χ4v) is 1.81. The van der Waals surface area contributed by atoms with E-state index in [0.29, 0.717) is 6.54 Å². The predicted octanol–water partition coefficient (Wildman–Crippen LogP) is 1.36. The quantitative estimate of drug-likeness (QED) is 0.926. The normalized spacial score (nSPS) is 10.2. The van der Waals surface area contributed by atoms with Gasteiger partial charge < -0.3 is 5.32 Å². The lowest BCUT2D eigenvalue weighted by Crippen LogP contribution is -2.27. The van der Waals surface area contributed by atoms with E-state index in [4.69, 9.17) is 0 Å². The van der Waals surface area contributed by atoms with Crippen molar-refractivity contribution in [3.8, 4) is 0 Å². The molecule has 1 amide bonds. The lowest BCUT2D eigenvalue weighted by atomic mass is 10.2. The van der Waals surface area contributed by atoms with E-state index in [1.54, 1.807) is 12.4 Å². The number of hydrogen-bond acceptors (Lipinski definition) is 3. The fourth-order valence-electron chi connectivity index (χ4n) is 1.37. The number of amides is 1. The lowest BCUT2D eigenvalue weighted by Gasteiger charge is -2.05. The molecule has 1 aromatic carbocycles. The van der Waals surface area contributed by atoms with Gasteiger partial charge in [0.25, 0.3) is 0 Å². The minimum atomic E-state index is -0.0875. The second-order valence-electron chi connectivity index (χ2n) is 3.51. The second kappa shape index (κ2) is 5.58. The van der Waals surface area contributed by atoms with Crippen LogP contribution in [0.25, 0.3) is 0 Å². The summed E-state index contributed by atoms with van der Waals surface area (Å²) in [5.74, 6) is -0.0875. The van der Waals surface area contributed by atoms with Crippen LogP contribution in [0.4, 0.5) is 0 Å². The summed E-state index contributed by atoms with van der Waals surface area (Å²) in [5.41, 5.74) is 1.05. The number of carbonyl (C=O) groups excluding carboxylic acids is 1. The summed E-state index contributed by atoms with van der Waals surface area (Å²) < 4.78 is 2.48. The van der Waals surface area contributed by atoms with Crippen LogP contribution in [-0.2, 0) is 17.9 Å². The van der Waals surface area contributed by atoms with E-state index in [1.165, 1.54) is 4.68 Å². The molecule has 0 spiro atoms. The summed E-state index contributed by atoms with van der Waals surface area (Å²) >= 11 is 3.38. The van der Waals surface area contributed by atoms with Gasteiger partial charge >= 0.3 is 0 Å². The molecule has 17 heavy (non-hydrogen) atoms. The molecular weight excluding hydrogens is 284 g/mol. The van der Waals surface area contributed by atoms with Gasteiger partial charge in [0.05, 0.1) is 6.20 Å². The third-order valence-corrected chi connectivity index (χ3v) is 2.65. The number of hydrogen-bond donors (Lipinski definition) is 1. The van der Waals surface area contributed by atoms with Crippen LogP contribution >= 0.6 is 15.9 Å². The zero-order valence-corrected chi connectivity index (χ0v) is 10.6. The molecule has 0 unspecified atom stereocenters. The first-order chi connectivity index (χ1) is 8.24. The van der Waals surface area contributed by atoms with Gasteiger partial charge in [-0.05, 0) is 17.7 Å². The van der Waals surface area contributed by atoms with Crippen molar-refractivity contribution in [3.05, 3.63) is 46.7 Å². The van der Waals surface area contributed by atoms with E-state index in [2.05, 4.69) is 31.6 Å². The molecule has 2 aromatic rings. The summed E-state index contributed by atoms with van der Waals surface area (Å²) in [6.07, 6.45) is 3.19. The highest BCUT2D eigenvalue weighted by Crippen LogP contribution is 2.11. The van der Waals surface area contributed by atoms with Crippen molar-refractivity contribution in [2.45, 2.75) is 13.1 Å². The average Bonchev–Trinajstić information content (AvgIpc) is 2.79. The van der Waals surface area contributed by atoms with E-state index in [0.717, 1.165) is 10.0 Å². The number of rotatable bonds is 4. The molecule has 0 fully saturated rings. The van der Waals surface area contributed by atoms with Crippen LogP contribution in [0, 0.1) is 0 Å². The van der Waals surface area contributed by atoms with Crippen molar-refractivity contribution >= 4 is 21.8 Å².